The summed E-state index contributed by atoms with van der Waals surface area (Å²) >= 11 is 1.25. The Kier molecular flexibility index (Phi) is 5.03. The monoisotopic (exact) mass is 325 g/mol. The second-order valence-electron chi connectivity index (χ2n) is 4.72. The summed E-state index contributed by atoms with van der Waals surface area (Å²) in [5.74, 6) is 0.752. The number of hydrogen-bond donors (Lipinski definition) is 1. The Morgan fingerprint density at radius 3 is 2.33 bits per heavy atom. The number of sulfone groups is 1. The van der Waals surface area contributed by atoms with Gasteiger partial charge in [-0.25, -0.2) is 8.42 Å². The fourth-order valence-corrected chi connectivity index (χ4v) is 5.16. The van der Waals surface area contributed by atoms with Gasteiger partial charge in [0.25, 0.3) is 0 Å². The van der Waals surface area contributed by atoms with E-state index in [2.05, 4.69) is 5.32 Å². The Morgan fingerprint density at radius 1 is 1.19 bits per heavy atom. The number of benzene rings is 1. The van der Waals surface area contributed by atoms with E-state index >= 15 is 0 Å². The van der Waals surface area contributed by atoms with Crippen molar-refractivity contribution in [1.82, 2.24) is 5.32 Å². The number of hydrogen-bond acceptors (Lipinski definition) is 5. The first-order valence-electron chi connectivity index (χ1n) is 6.59. The third-order valence-corrected chi connectivity index (χ3v) is 7.12. The summed E-state index contributed by atoms with van der Waals surface area (Å²) in [5, 5.41) is 4.33. The number of methoxy groups -OCH3 is 1. The van der Waals surface area contributed by atoms with E-state index in [4.69, 9.17) is 4.74 Å². The summed E-state index contributed by atoms with van der Waals surface area (Å²) in [6.45, 7) is 1.74. The van der Waals surface area contributed by atoms with Crippen LogP contribution in [-0.2, 0) is 9.84 Å². The van der Waals surface area contributed by atoms with Gasteiger partial charge in [0.1, 0.15) is 9.96 Å². The number of thiophene rings is 1. The van der Waals surface area contributed by atoms with Crippen molar-refractivity contribution in [3.63, 3.8) is 0 Å². The predicted molar refractivity (Wildman–Crippen MR) is 85.8 cm³/mol. The molecule has 0 saturated carbocycles. The van der Waals surface area contributed by atoms with Crippen molar-refractivity contribution in [3.8, 4) is 5.75 Å². The fraction of sp³-hybridized carbons (Fsp3) is 0.333. The molecule has 0 aliphatic rings. The lowest BCUT2D eigenvalue weighted by Gasteiger charge is -2.23. The van der Waals surface area contributed by atoms with Gasteiger partial charge in [-0.15, -0.1) is 11.3 Å². The third-order valence-electron chi connectivity index (χ3n) is 3.52. The summed E-state index contributed by atoms with van der Waals surface area (Å²) in [7, 11) is 0.0327. The molecule has 0 amide bonds. The molecule has 0 saturated heterocycles. The molecule has 0 bridgehead atoms. The zero-order valence-corrected chi connectivity index (χ0v) is 13.9. The Labute approximate surface area is 129 Å². The van der Waals surface area contributed by atoms with Gasteiger partial charge in [0.15, 0.2) is 9.84 Å². The van der Waals surface area contributed by atoms with E-state index in [0.717, 1.165) is 11.3 Å². The minimum absolute atomic E-state index is 0.275. The average Bonchev–Trinajstić information content (AvgIpc) is 3.03. The molecule has 2 rings (SSSR count). The third kappa shape index (κ3) is 3.28. The van der Waals surface area contributed by atoms with E-state index in [1.54, 1.807) is 38.6 Å². The van der Waals surface area contributed by atoms with Gasteiger partial charge in [-0.3, -0.25) is 0 Å². The molecule has 4 nitrogen and oxygen atoms in total. The lowest BCUT2D eigenvalue weighted by molar-refractivity contribution is 0.414. The quantitative estimate of drug-likeness (QED) is 0.887. The number of rotatable bonds is 6. The summed E-state index contributed by atoms with van der Waals surface area (Å²) in [4.78, 5) is 0. The Balaban J connectivity index is 2.32. The van der Waals surface area contributed by atoms with E-state index < -0.39 is 15.1 Å². The molecule has 1 heterocycles. The van der Waals surface area contributed by atoms with Crippen molar-refractivity contribution in [2.75, 3.05) is 14.2 Å². The van der Waals surface area contributed by atoms with Crippen LogP contribution in [0.2, 0.25) is 0 Å². The maximum Gasteiger partial charge on any atom is 0.192 e. The number of nitrogens with one attached hydrogen (secondary N) is 1. The van der Waals surface area contributed by atoms with E-state index in [1.165, 1.54) is 11.3 Å². The van der Waals surface area contributed by atoms with Crippen molar-refractivity contribution >= 4 is 21.2 Å². The summed E-state index contributed by atoms with van der Waals surface area (Å²) in [6.07, 6.45) is 0. The minimum Gasteiger partial charge on any atom is -0.497 e. The van der Waals surface area contributed by atoms with Crippen molar-refractivity contribution in [1.29, 1.82) is 0 Å². The standard InChI is InChI=1S/C15H19NO3S2/c1-11(21(17,18)14-5-4-10-20-14)15(16-2)12-6-8-13(19-3)9-7-12/h4-11,15-16H,1-3H3. The largest absolute Gasteiger partial charge is 0.497 e. The van der Waals surface area contributed by atoms with E-state index in [9.17, 15) is 8.42 Å². The van der Waals surface area contributed by atoms with Gasteiger partial charge in [0.2, 0.25) is 0 Å². The smallest absolute Gasteiger partial charge is 0.192 e. The van der Waals surface area contributed by atoms with Crippen molar-refractivity contribution in [2.24, 2.45) is 0 Å². The van der Waals surface area contributed by atoms with E-state index in [0.29, 0.717) is 4.21 Å². The predicted octanol–water partition coefficient (Wildman–Crippen LogP) is 2.88. The van der Waals surface area contributed by atoms with Crippen LogP contribution in [0, 0.1) is 0 Å². The molecule has 1 N–H and O–H groups in total. The van der Waals surface area contributed by atoms with Gasteiger partial charge >= 0.3 is 0 Å². The van der Waals surface area contributed by atoms with Gasteiger partial charge in [-0.2, -0.15) is 0 Å². The second kappa shape index (κ2) is 6.60. The average molecular weight is 325 g/mol. The van der Waals surface area contributed by atoms with E-state index in [1.807, 2.05) is 24.3 Å². The van der Waals surface area contributed by atoms with Crippen LogP contribution in [0.3, 0.4) is 0 Å². The molecule has 0 aliphatic carbocycles. The summed E-state index contributed by atoms with van der Waals surface area (Å²) in [6, 6.07) is 10.6. The Morgan fingerprint density at radius 2 is 1.86 bits per heavy atom. The van der Waals surface area contributed by atoms with Crippen LogP contribution in [0.4, 0.5) is 0 Å². The molecule has 0 fully saturated rings. The molecule has 1 aromatic heterocycles. The lowest BCUT2D eigenvalue weighted by atomic mass is 10.0. The minimum atomic E-state index is -3.35. The molecule has 2 unspecified atom stereocenters. The molecule has 2 atom stereocenters. The van der Waals surface area contributed by atoms with Gasteiger partial charge < -0.3 is 10.1 Å². The van der Waals surface area contributed by atoms with Crippen LogP contribution >= 0.6 is 11.3 Å². The highest BCUT2D eigenvalue weighted by Crippen LogP contribution is 2.29. The molecule has 0 spiro atoms. The first kappa shape index (κ1) is 16.0. The highest BCUT2D eigenvalue weighted by atomic mass is 32.2. The highest BCUT2D eigenvalue weighted by Gasteiger charge is 2.31. The van der Waals surface area contributed by atoms with Gasteiger partial charge in [0, 0.05) is 6.04 Å². The fourth-order valence-electron chi connectivity index (χ4n) is 2.27. The molecule has 21 heavy (non-hydrogen) atoms. The summed E-state index contributed by atoms with van der Waals surface area (Å²) in [5.41, 5.74) is 0.922. The van der Waals surface area contributed by atoms with E-state index in [-0.39, 0.29) is 6.04 Å². The second-order valence-corrected chi connectivity index (χ2v) is 8.20. The molecule has 2 aromatic rings. The molecule has 1 aromatic carbocycles. The van der Waals surface area contributed by atoms with Crippen LogP contribution in [0.1, 0.15) is 18.5 Å². The molecule has 0 radical (unpaired) electrons. The van der Waals surface area contributed by atoms with Crippen molar-refractivity contribution < 1.29 is 13.2 Å². The van der Waals surface area contributed by atoms with Crippen LogP contribution in [0.15, 0.2) is 46.0 Å². The first-order chi connectivity index (χ1) is 10.0. The van der Waals surface area contributed by atoms with Gasteiger partial charge in [0.05, 0.1) is 12.4 Å². The maximum absolute atomic E-state index is 12.6. The normalized spacial score (nSPS) is 14.6. The van der Waals surface area contributed by atoms with Crippen LogP contribution in [-0.4, -0.2) is 27.8 Å². The molecule has 6 heteroatoms. The zero-order chi connectivity index (χ0) is 15.5. The summed E-state index contributed by atoms with van der Waals surface area (Å²) < 4.78 is 30.8. The van der Waals surface area contributed by atoms with Crippen LogP contribution in [0.25, 0.3) is 0 Å². The number of ether oxygens (including phenoxy) is 1. The molecule has 0 aliphatic heterocycles. The van der Waals surface area contributed by atoms with Crippen molar-refractivity contribution in [3.05, 3.63) is 47.3 Å². The highest BCUT2D eigenvalue weighted by molar-refractivity contribution is 7.94. The van der Waals surface area contributed by atoms with Crippen LogP contribution < -0.4 is 10.1 Å². The topological polar surface area (TPSA) is 55.4 Å². The molecule has 114 valence electrons. The lowest BCUT2D eigenvalue weighted by Crippen LogP contribution is -2.33. The first-order valence-corrected chi connectivity index (χ1v) is 9.02. The Bertz CT molecular complexity index is 663. The van der Waals surface area contributed by atoms with Gasteiger partial charge in [-0.1, -0.05) is 18.2 Å². The molecular formula is C15H19NO3S2. The van der Waals surface area contributed by atoms with Gasteiger partial charge in [-0.05, 0) is 43.1 Å². The van der Waals surface area contributed by atoms with Crippen molar-refractivity contribution in [2.45, 2.75) is 22.4 Å². The SMILES string of the molecule is CNC(c1ccc(OC)cc1)C(C)S(=O)(=O)c1cccs1. The zero-order valence-electron chi connectivity index (χ0n) is 12.2. The van der Waals surface area contributed by atoms with Crippen LogP contribution in [0.5, 0.6) is 5.75 Å². The molecular weight excluding hydrogens is 306 g/mol. The Hall–Kier alpha value is -1.37. The maximum atomic E-state index is 12.6.